The van der Waals surface area contributed by atoms with Gasteiger partial charge in [-0.1, -0.05) is 13.3 Å². The number of nitrogens with one attached hydrogen (secondary N) is 1. The first-order valence-electron chi connectivity index (χ1n) is 5.87. The van der Waals surface area contributed by atoms with Crippen molar-refractivity contribution >= 4 is 6.03 Å². The molecule has 1 N–H and O–H groups in total. The Bertz CT molecular complexity index is 208. The number of hydrogen-bond donors (Lipinski definition) is 1. The van der Waals surface area contributed by atoms with E-state index in [1.807, 2.05) is 23.9 Å². The molecule has 0 aromatic carbocycles. The molecule has 88 valence electrons. The number of hydrogen-bond acceptors (Lipinski definition) is 2. The molecule has 0 aromatic rings. The lowest BCUT2D eigenvalue weighted by molar-refractivity contribution is 0.194. The highest BCUT2D eigenvalue weighted by atomic mass is 16.2. The zero-order chi connectivity index (χ0) is 11.3. The van der Waals surface area contributed by atoms with E-state index in [1.54, 1.807) is 0 Å². The molecule has 0 radical (unpaired) electrons. The van der Waals surface area contributed by atoms with Gasteiger partial charge in [-0.05, 0) is 26.4 Å². The van der Waals surface area contributed by atoms with Gasteiger partial charge in [-0.15, -0.1) is 0 Å². The van der Waals surface area contributed by atoms with E-state index in [-0.39, 0.29) is 6.03 Å². The van der Waals surface area contributed by atoms with Crippen LogP contribution in [0.3, 0.4) is 0 Å². The third-order valence-corrected chi connectivity index (χ3v) is 3.03. The Balaban J connectivity index is 2.37. The predicted molar refractivity (Wildman–Crippen MR) is 62.0 cm³/mol. The van der Waals surface area contributed by atoms with Gasteiger partial charge in [0.2, 0.25) is 0 Å². The van der Waals surface area contributed by atoms with Crippen molar-refractivity contribution in [3.63, 3.8) is 0 Å². The van der Waals surface area contributed by atoms with Gasteiger partial charge in [0.15, 0.2) is 0 Å². The van der Waals surface area contributed by atoms with Crippen LogP contribution in [-0.4, -0.2) is 55.6 Å². The van der Waals surface area contributed by atoms with E-state index in [2.05, 4.69) is 12.2 Å². The summed E-state index contributed by atoms with van der Waals surface area (Å²) in [5.41, 5.74) is 0. The predicted octanol–water partition coefficient (Wildman–Crippen LogP) is 1.13. The molecule has 1 aliphatic rings. The molecule has 1 heterocycles. The normalized spacial score (nSPS) is 21.5. The molecule has 15 heavy (non-hydrogen) atoms. The summed E-state index contributed by atoms with van der Waals surface area (Å²) in [4.78, 5) is 15.7. The Morgan fingerprint density at radius 1 is 1.53 bits per heavy atom. The fourth-order valence-corrected chi connectivity index (χ4v) is 2.09. The zero-order valence-electron chi connectivity index (χ0n) is 10.1. The van der Waals surface area contributed by atoms with Crippen LogP contribution < -0.4 is 5.32 Å². The maximum absolute atomic E-state index is 11.8. The molecule has 1 atom stereocenters. The van der Waals surface area contributed by atoms with Gasteiger partial charge in [-0.3, -0.25) is 0 Å². The van der Waals surface area contributed by atoms with Crippen LogP contribution in [0.15, 0.2) is 0 Å². The quantitative estimate of drug-likeness (QED) is 0.671. The van der Waals surface area contributed by atoms with E-state index in [0.29, 0.717) is 6.04 Å². The van der Waals surface area contributed by atoms with E-state index < -0.39 is 0 Å². The number of likely N-dealkylation sites (N-methyl/N-ethyl adjacent to an activating group) is 1. The van der Waals surface area contributed by atoms with Gasteiger partial charge in [-0.2, -0.15) is 0 Å². The fraction of sp³-hybridized carbons (Fsp3) is 0.909. The summed E-state index contributed by atoms with van der Waals surface area (Å²) in [7, 11) is 3.86. The summed E-state index contributed by atoms with van der Waals surface area (Å²) >= 11 is 0. The van der Waals surface area contributed by atoms with Gasteiger partial charge in [-0.25, -0.2) is 4.79 Å². The highest BCUT2D eigenvalue weighted by molar-refractivity contribution is 5.76. The van der Waals surface area contributed by atoms with Crippen LogP contribution in [0.25, 0.3) is 0 Å². The molecule has 1 fully saturated rings. The van der Waals surface area contributed by atoms with Crippen molar-refractivity contribution in [2.45, 2.75) is 32.2 Å². The molecule has 4 heteroatoms. The smallest absolute Gasteiger partial charge is 0.320 e. The first kappa shape index (κ1) is 12.3. The highest BCUT2D eigenvalue weighted by Gasteiger charge is 2.32. The lowest BCUT2D eigenvalue weighted by atomic mass is 10.1. The Kier molecular flexibility index (Phi) is 4.88. The number of nitrogens with zero attached hydrogens (tertiary/aromatic N) is 2. The minimum atomic E-state index is 0.199. The molecule has 0 spiro atoms. The lowest BCUT2D eigenvalue weighted by Crippen LogP contribution is -2.32. The molecule has 0 aliphatic carbocycles. The molecule has 1 aliphatic heterocycles. The second kappa shape index (κ2) is 5.95. The molecular weight excluding hydrogens is 190 g/mol. The van der Waals surface area contributed by atoms with E-state index >= 15 is 0 Å². The van der Waals surface area contributed by atoms with Crippen LogP contribution >= 0.6 is 0 Å². The highest BCUT2D eigenvalue weighted by Crippen LogP contribution is 2.17. The van der Waals surface area contributed by atoms with Crippen molar-refractivity contribution in [2.24, 2.45) is 0 Å². The van der Waals surface area contributed by atoms with Gasteiger partial charge < -0.3 is 15.1 Å². The number of rotatable bonds is 6. The maximum atomic E-state index is 11.8. The maximum Gasteiger partial charge on any atom is 0.320 e. The van der Waals surface area contributed by atoms with Gasteiger partial charge in [0.1, 0.15) is 0 Å². The Morgan fingerprint density at radius 2 is 2.27 bits per heavy atom. The van der Waals surface area contributed by atoms with Gasteiger partial charge >= 0.3 is 6.03 Å². The van der Waals surface area contributed by atoms with Crippen LogP contribution in [0.1, 0.15) is 26.2 Å². The fourth-order valence-electron chi connectivity index (χ4n) is 2.09. The summed E-state index contributed by atoms with van der Waals surface area (Å²) in [6.45, 7) is 4.94. The van der Waals surface area contributed by atoms with Gasteiger partial charge in [0.05, 0.1) is 6.04 Å². The van der Waals surface area contributed by atoms with E-state index in [9.17, 15) is 4.79 Å². The molecule has 4 nitrogen and oxygen atoms in total. The van der Waals surface area contributed by atoms with Crippen molar-refractivity contribution in [3.05, 3.63) is 0 Å². The summed E-state index contributed by atoms with van der Waals surface area (Å²) < 4.78 is 0. The summed E-state index contributed by atoms with van der Waals surface area (Å²) in [6, 6.07) is 0.627. The van der Waals surface area contributed by atoms with Crippen LogP contribution in [0.2, 0.25) is 0 Å². The van der Waals surface area contributed by atoms with Crippen molar-refractivity contribution in [1.29, 1.82) is 0 Å². The minimum Gasteiger partial charge on any atom is -0.323 e. The van der Waals surface area contributed by atoms with Gasteiger partial charge in [0.25, 0.3) is 0 Å². The molecule has 1 saturated heterocycles. The molecule has 0 bridgehead atoms. The molecule has 1 unspecified atom stereocenters. The summed E-state index contributed by atoms with van der Waals surface area (Å²) in [6.07, 6.45) is 3.30. The van der Waals surface area contributed by atoms with Crippen molar-refractivity contribution in [1.82, 2.24) is 15.1 Å². The first-order chi connectivity index (χ1) is 7.20. The summed E-state index contributed by atoms with van der Waals surface area (Å²) in [5.74, 6) is 0. The SMILES string of the molecule is CCCC1CN(CCCNC)C(=O)N1C. The molecule has 2 amide bonds. The molecule has 1 rings (SSSR count). The van der Waals surface area contributed by atoms with Crippen molar-refractivity contribution in [2.75, 3.05) is 33.7 Å². The number of urea groups is 1. The monoisotopic (exact) mass is 213 g/mol. The van der Waals surface area contributed by atoms with Gasteiger partial charge in [0, 0.05) is 20.1 Å². The Morgan fingerprint density at radius 3 is 2.87 bits per heavy atom. The second-order valence-corrected chi connectivity index (χ2v) is 4.24. The number of carbonyl (C=O) groups is 1. The number of amides is 2. The average molecular weight is 213 g/mol. The Labute approximate surface area is 92.6 Å². The zero-order valence-corrected chi connectivity index (χ0v) is 10.1. The number of carbonyl (C=O) groups excluding carboxylic acids is 1. The van der Waals surface area contributed by atoms with Crippen molar-refractivity contribution < 1.29 is 4.79 Å². The largest absolute Gasteiger partial charge is 0.323 e. The molecule has 0 aromatic heterocycles. The summed E-state index contributed by atoms with van der Waals surface area (Å²) in [5, 5.41) is 3.10. The molecular formula is C11H23N3O. The van der Waals surface area contributed by atoms with E-state index in [4.69, 9.17) is 0 Å². The van der Waals surface area contributed by atoms with Crippen LogP contribution in [0.4, 0.5) is 4.79 Å². The lowest BCUT2D eigenvalue weighted by Gasteiger charge is -2.16. The van der Waals surface area contributed by atoms with Crippen molar-refractivity contribution in [3.8, 4) is 0 Å². The third kappa shape index (κ3) is 3.09. The topological polar surface area (TPSA) is 35.6 Å². The Hall–Kier alpha value is -0.770. The average Bonchev–Trinajstić information content (AvgIpc) is 2.48. The molecule has 0 saturated carbocycles. The van der Waals surface area contributed by atoms with Crippen LogP contribution in [-0.2, 0) is 0 Å². The standard InChI is InChI=1S/C11H23N3O/c1-4-6-10-9-14(8-5-7-12-2)11(15)13(10)3/h10,12H,4-9H2,1-3H3. The van der Waals surface area contributed by atoms with E-state index in [1.165, 1.54) is 0 Å². The minimum absolute atomic E-state index is 0.199. The van der Waals surface area contributed by atoms with E-state index in [0.717, 1.165) is 38.9 Å². The first-order valence-corrected chi connectivity index (χ1v) is 5.87. The second-order valence-electron chi connectivity index (χ2n) is 4.24. The van der Waals surface area contributed by atoms with Crippen LogP contribution in [0.5, 0.6) is 0 Å². The third-order valence-electron chi connectivity index (χ3n) is 3.03. The van der Waals surface area contributed by atoms with Crippen LogP contribution in [0, 0.1) is 0 Å².